The Balaban J connectivity index is 2.17. The molecule has 1 heterocycles. The lowest BCUT2D eigenvalue weighted by atomic mass is 10.1. The molecule has 17 heavy (non-hydrogen) atoms. The van der Waals surface area contributed by atoms with Crippen LogP contribution in [0.4, 0.5) is 0 Å². The summed E-state index contributed by atoms with van der Waals surface area (Å²) < 4.78 is 0. The molecule has 0 unspecified atom stereocenters. The average molecular weight is 267 g/mol. The molecule has 0 aliphatic carbocycles. The molecule has 2 rings (SSSR count). The molecule has 0 atom stereocenters. The number of hydrogen-bond donors (Lipinski definition) is 0. The zero-order chi connectivity index (χ0) is 12.3. The second-order valence-corrected chi connectivity index (χ2v) is 4.20. The number of Topliss-reactive ketones (excluding diaryl/α,β-unsaturated/α-hetero) is 1. The predicted molar refractivity (Wildman–Crippen MR) is 66.5 cm³/mol. The maximum absolute atomic E-state index is 11.9. The van der Waals surface area contributed by atoms with E-state index in [-0.39, 0.29) is 17.5 Å². The van der Waals surface area contributed by atoms with Crippen LogP contribution in [0.2, 0.25) is 10.3 Å². The van der Waals surface area contributed by atoms with Crippen molar-refractivity contribution in [3.63, 3.8) is 0 Å². The second-order valence-electron chi connectivity index (χ2n) is 3.43. The van der Waals surface area contributed by atoms with E-state index < -0.39 is 0 Å². The molecule has 0 aliphatic heterocycles. The molecule has 0 aliphatic rings. The minimum Gasteiger partial charge on any atom is -0.294 e. The fourth-order valence-electron chi connectivity index (χ4n) is 1.40. The van der Waals surface area contributed by atoms with Gasteiger partial charge in [0.2, 0.25) is 5.28 Å². The number of aromatic nitrogens is 2. The summed E-state index contributed by atoms with van der Waals surface area (Å²) in [5.74, 6) is -0.0535. The van der Waals surface area contributed by atoms with E-state index in [0.717, 1.165) is 0 Å². The summed E-state index contributed by atoms with van der Waals surface area (Å²) in [5.41, 5.74) is 1.15. The van der Waals surface area contributed by atoms with Crippen molar-refractivity contribution in [2.75, 3.05) is 0 Å². The number of halogens is 2. The van der Waals surface area contributed by atoms with Crippen LogP contribution in [-0.4, -0.2) is 15.8 Å². The third-order valence-electron chi connectivity index (χ3n) is 2.17. The maximum Gasteiger partial charge on any atom is 0.222 e. The van der Waals surface area contributed by atoms with Crippen molar-refractivity contribution in [1.82, 2.24) is 9.97 Å². The Morgan fingerprint density at radius 2 is 2.06 bits per heavy atom. The van der Waals surface area contributed by atoms with E-state index in [1.807, 2.05) is 0 Å². The zero-order valence-corrected chi connectivity index (χ0v) is 10.2. The molecule has 1 aromatic carbocycles. The molecule has 3 nitrogen and oxygen atoms in total. The number of hydrogen-bond acceptors (Lipinski definition) is 3. The number of nitrogens with zero attached hydrogens (tertiary/aromatic N) is 2. The van der Waals surface area contributed by atoms with E-state index in [9.17, 15) is 4.79 Å². The highest BCUT2D eigenvalue weighted by atomic mass is 35.5. The Bertz CT molecular complexity index is 558. The van der Waals surface area contributed by atoms with Crippen molar-refractivity contribution in [1.29, 1.82) is 0 Å². The van der Waals surface area contributed by atoms with Crippen molar-refractivity contribution in [3.8, 4) is 0 Å². The molecule has 5 heteroatoms. The van der Waals surface area contributed by atoms with E-state index >= 15 is 0 Å². The van der Waals surface area contributed by atoms with Gasteiger partial charge in [0, 0.05) is 16.8 Å². The standard InChI is InChI=1S/C12H8Cl2N2O/c13-9-3-1-2-8(6-9)11(17)7-10-4-5-15-12(14)16-10/h1-6H,7H2. The van der Waals surface area contributed by atoms with Crippen LogP contribution in [0.3, 0.4) is 0 Å². The van der Waals surface area contributed by atoms with Crippen LogP contribution in [0.25, 0.3) is 0 Å². The Morgan fingerprint density at radius 3 is 2.76 bits per heavy atom. The van der Waals surface area contributed by atoms with Crippen LogP contribution in [0.1, 0.15) is 16.1 Å². The lowest BCUT2D eigenvalue weighted by molar-refractivity contribution is 0.0992. The highest BCUT2D eigenvalue weighted by molar-refractivity contribution is 6.31. The monoisotopic (exact) mass is 266 g/mol. The van der Waals surface area contributed by atoms with Crippen molar-refractivity contribution < 1.29 is 4.79 Å². The van der Waals surface area contributed by atoms with E-state index in [1.54, 1.807) is 30.3 Å². The van der Waals surface area contributed by atoms with Crippen LogP contribution in [0, 0.1) is 0 Å². The normalized spacial score (nSPS) is 10.2. The molecule has 0 saturated heterocycles. The van der Waals surface area contributed by atoms with Gasteiger partial charge >= 0.3 is 0 Å². The number of rotatable bonds is 3. The van der Waals surface area contributed by atoms with E-state index in [0.29, 0.717) is 16.3 Å². The fraction of sp³-hybridized carbons (Fsp3) is 0.0833. The molecule has 0 fully saturated rings. The summed E-state index contributed by atoms with van der Waals surface area (Å²) in [6.07, 6.45) is 1.71. The smallest absolute Gasteiger partial charge is 0.222 e. The van der Waals surface area contributed by atoms with Gasteiger partial charge < -0.3 is 0 Å². The van der Waals surface area contributed by atoms with Crippen LogP contribution < -0.4 is 0 Å². The zero-order valence-electron chi connectivity index (χ0n) is 8.73. The van der Waals surface area contributed by atoms with Gasteiger partial charge in [-0.2, -0.15) is 0 Å². The SMILES string of the molecule is O=C(Cc1ccnc(Cl)n1)c1cccc(Cl)c1. The van der Waals surface area contributed by atoms with Crippen LogP contribution >= 0.6 is 23.2 Å². The lowest BCUT2D eigenvalue weighted by Gasteiger charge is -2.01. The van der Waals surface area contributed by atoms with Gasteiger partial charge in [-0.05, 0) is 29.8 Å². The first-order valence-electron chi connectivity index (χ1n) is 4.91. The number of carbonyl (C=O) groups is 1. The summed E-state index contributed by atoms with van der Waals surface area (Å²) in [4.78, 5) is 19.6. The van der Waals surface area contributed by atoms with Crippen molar-refractivity contribution in [3.05, 3.63) is 58.1 Å². The quantitative estimate of drug-likeness (QED) is 0.633. The molecule has 86 valence electrons. The third-order valence-corrected chi connectivity index (χ3v) is 2.59. The summed E-state index contributed by atoms with van der Waals surface area (Å²) in [6, 6.07) is 8.47. The molecular weight excluding hydrogens is 259 g/mol. The van der Waals surface area contributed by atoms with Crippen molar-refractivity contribution >= 4 is 29.0 Å². The molecule has 0 spiro atoms. The minimum atomic E-state index is -0.0535. The van der Waals surface area contributed by atoms with Crippen LogP contribution in [0.15, 0.2) is 36.5 Å². The summed E-state index contributed by atoms with van der Waals surface area (Å²) in [6.45, 7) is 0. The van der Waals surface area contributed by atoms with Gasteiger partial charge in [-0.15, -0.1) is 0 Å². The highest BCUT2D eigenvalue weighted by Crippen LogP contribution is 2.13. The molecule has 0 saturated carbocycles. The van der Waals surface area contributed by atoms with Gasteiger partial charge in [0.05, 0.1) is 12.1 Å². The first-order valence-corrected chi connectivity index (χ1v) is 5.67. The first kappa shape index (κ1) is 12.0. The van der Waals surface area contributed by atoms with Crippen molar-refractivity contribution in [2.45, 2.75) is 6.42 Å². The van der Waals surface area contributed by atoms with Gasteiger partial charge in [0.1, 0.15) is 0 Å². The largest absolute Gasteiger partial charge is 0.294 e. The van der Waals surface area contributed by atoms with E-state index in [1.165, 1.54) is 6.20 Å². The molecule has 0 amide bonds. The topological polar surface area (TPSA) is 42.9 Å². The van der Waals surface area contributed by atoms with Gasteiger partial charge in [-0.25, -0.2) is 9.97 Å². The third kappa shape index (κ3) is 3.25. The fourth-order valence-corrected chi connectivity index (χ4v) is 1.75. The van der Waals surface area contributed by atoms with E-state index in [4.69, 9.17) is 23.2 Å². The lowest BCUT2D eigenvalue weighted by Crippen LogP contribution is -2.05. The highest BCUT2D eigenvalue weighted by Gasteiger charge is 2.08. The van der Waals surface area contributed by atoms with Gasteiger partial charge in [0.15, 0.2) is 5.78 Å². The van der Waals surface area contributed by atoms with Crippen LogP contribution in [-0.2, 0) is 6.42 Å². The minimum absolute atomic E-state index is 0.0535. The Kier molecular flexibility index (Phi) is 3.71. The molecule has 2 aromatic rings. The Morgan fingerprint density at radius 1 is 1.24 bits per heavy atom. The van der Waals surface area contributed by atoms with Crippen molar-refractivity contribution in [2.24, 2.45) is 0 Å². The first-order chi connectivity index (χ1) is 8.15. The van der Waals surface area contributed by atoms with Gasteiger partial charge in [-0.1, -0.05) is 23.7 Å². The Hall–Kier alpha value is -1.45. The van der Waals surface area contributed by atoms with Gasteiger partial charge in [0.25, 0.3) is 0 Å². The molecule has 0 N–H and O–H groups in total. The maximum atomic E-state index is 11.9. The number of ketones is 1. The molecule has 0 bridgehead atoms. The molecular formula is C12H8Cl2N2O. The number of carbonyl (C=O) groups excluding carboxylic acids is 1. The van der Waals surface area contributed by atoms with Gasteiger partial charge in [-0.3, -0.25) is 4.79 Å². The second kappa shape index (κ2) is 5.25. The molecule has 0 radical (unpaired) electrons. The van der Waals surface area contributed by atoms with Crippen LogP contribution in [0.5, 0.6) is 0 Å². The average Bonchev–Trinajstić information content (AvgIpc) is 2.29. The summed E-state index contributed by atoms with van der Waals surface area (Å²) >= 11 is 11.5. The van der Waals surface area contributed by atoms with E-state index in [2.05, 4.69) is 9.97 Å². The number of benzene rings is 1. The summed E-state index contributed by atoms with van der Waals surface area (Å²) in [5, 5.41) is 0.679. The predicted octanol–water partition coefficient (Wildman–Crippen LogP) is 3.21. The summed E-state index contributed by atoms with van der Waals surface area (Å²) in [7, 11) is 0. The Labute approximate surface area is 108 Å². The molecule has 1 aromatic heterocycles.